The Morgan fingerprint density at radius 2 is 2.10 bits per heavy atom. The lowest BCUT2D eigenvalue weighted by molar-refractivity contribution is -0.137. The van der Waals surface area contributed by atoms with Gasteiger partial charge in [0, 0.05) is 18.2 Å². The van der Waals surface area contributed by atoms with E-state index < -0.39 is 11.7 Å². The molecule has 2 nitrogen and oxygen atoms in total. The first-order valence-electron chi connectivity index (χ1n) is 5.89. The number of carbonyl (C=O) groups excluding carboxylic acids is 1. The molecule has 20 heavy (non-hydrogen) atoms. The van der Waals surface area contributed by atoms with Crippen LogP contribution in [0.2, 0.25) is 0 Å². The van der Waals surface area contributed by atoms with Gasteiger partial charge in [-0.15, -0.1) is 0 Å². The lowest BCUT2D eigenvalue weighted by atomic mass is 10.1. The van der Waals surface area contributed by atoms with Crippen LogP contribution in [-0.2, 0) is 11.0 Å². The lowest BCUT2D eigenvalue weighted by Gasteiger charge is -2.10. The monoisotopic (exact) mass is 304 g/mol. The molecule has 0 aliphatic carbocycles. The molecule has 0 N–H and O–H groups in total. The molecule has 0 saturated heterocycles. The molecule has 0 aliphatic heterocycles. The van der Waals surface area contributed by atoms with Crippen molar-refractivity contribution in [3.63, 3.8) is 0 Å². The zero-order chi connectivity index (χ0) is 15.2. The quantitative estimate of drug-likeness (QED) is 0.754. The van der Waals surface area contributed by atoms with Crippen LogP contribution in [-0.4, -0.2) is 18.0 Å². The van der Waals surface area contributed by atoms with Gasteiger partial charge in [0.1, 0.15) is 5.75 Å². The molecule has 0 amide bonds. The molecule has 0 fully saturated rings. The maximum atomic E-state index is 12.6. The van der Waals surface area contributed by atoms with Gasteiger partial charge in [-0.25, -0.2) is 0 Å². The van der Waals surface area contributed by atoms with E-state index >= 15 is 0 Å². The van der Waals surface area contributed by atoms with Crippen molar-refractivity contribution >= 4 is 23.0 Å². The summed E-state index contributed by atoms with van der Waals surface area (Å²) in [4.78, 5) is 10.7. The Balaban J connectivity index is 2.75. The minimum absolute atomic E-state index is 0.0468. The van der Waals surface area contributed by atoms with Crippen molar-refractivity contribution in [3.05, 3.63) is 35.4 Å². The van der Waals surface area contributed by atoms with Crippen molar-refractivity contribution in [1.29, 1.82) is 0 Å². The van der Waals surface area contributed by atoms with Crippen LogP contribution in [0.1, 0.15) is 24.5 Å². The number of carbonyl (C=O) groups is 1. The minimum Gasteiger partial charge on any atom is -0.496 e. The second kappa shape index (κ2) is 7.38. The van der Waals surface area contributed by atoms with Gasteiger partial charge in [-0.05, 0) is 18.6 Å². The van der Waals surface area contributed by atoms with E-state index in [1.807, 2.05) is 0 Å². The summed E-state index contributed by atoms with van der Waals surface area (Å²) in [5, 5.41) is 0.0468. The number of hydrogen-bond acceptors (Lipinski definition) is 3. The van der Waals surface area contributed by atoms with Crippen LogP contribution in [0.15, 0.2) is 24.3 Å². The Bertz CT molecular complexity index is 496. The van der Waals surface area contributed by atoms with E-state index in [1.165, 1.54) is 31.9 Å². The van der Waals surface area contributed by atoms with E-state index in [9.17, 15) is 18.0 Å². The van der Waals surface area contributed by atoms with Crippen molar-refractivity contribution in [3.8, 4) is 5.75 Å². The highest BCUT2D eigenvalue weighted by atomic mass is 32.2. The third-order valence-corrected chi connectivity index (χ3v) is 3.29. The maximum absolute atomic E-state index is 12.6. The van der Waals surface area contributed by atoms with E-state index in [4.69, 9.17) is 4.74 Å². The summed E-state index contributed by atoms with van der Waals surface area (Å²) in [6.07, 6.45) is -0.219. The fraction of sp³-hybridized carbons (Fsp3) is 0.357. The summed E-state index contributed by atoms with van der Waals surface area (Å²) >= 11 is 1.21. The van der Waals surface area contributed by atoms with Crippen LogP contribution < -0.4 is 4.74 Å². The summed E-state index contributed by atoms with van der Waals surface area (Å²) in [6.45, 7) is 1.49. The molecule has 1 rings (SSSR count). The summed E-state index contributed by atoms with van der Waals surface area (Å²) < 4.78 is 42.6. The van der Waals surface area contributed by atoms with Crippen molar-refractivity contribution in [1.82, 2.24) is 0 Å². The van der Waals surface area contributed by atoms with Crippen LogP contribution in [0, 0.1) is 0 Å². The van der Waals surface area contributed by atoms with Crippen LogP contribution in [0.5, 0.6) is 5.75 Å². The summed E-state index contributed by atoms with van der Waals surface area (Å²) in [5.74, 6) is 0.824. The van der Waals surface area contributed by atoms with Crippen molar-refractivity contribution in [2.45, 2.75) is 19.5 Å². The number of rotatable bonds is 5. The van der Waals surface area contributed by atoms with Gasteiger partial charge in [-0.2, -0.15) is 13.2 Å². The SMILES string of the molecule is COc1cc(C(F)(F)F)ccc1C=CCCSC(C)=O. The second-order valence-corrected chi connectivity index (χ2v) is 5.26. The molecular weight excluding hydrogens is 289 g/mol. The van der Waals surface area contributed by atoms with Gasteiger partial charge in [0.25, 0.3) is 0 Å². The van der Waals surface area contributed by atoms with Gasteiger partial charge in [-0.1, -0.05) is 30.0 Å². The molecule has 0 unspecified atom stereocenters. The summed E-state index contributed by atoms with van der Waals surface area (Å²) in [5.41, 5.74) is -0.160. The molecule has 0 heterocycles. The van der Waals surface area contributed by atoms with Crippen molar-refractivity contribution < 1.29 is 22.7 Å². The first-order valence-corrected chi connectivity index (χ1v) is 6.88. The minimum atomic E-state index is -4.38. The highest BCUT2D eigenvalue weighted by molar-refractivity contribution is 8.13. The molecule has 0 spiro atoms. The molecule has 0 bridgehead atoms. The highest BCUT2D eigenvalue weighted by Crippen LogP contribution is 2.33. The van der Waals surface area contributed by atoms with Crippen LogP contribution >= 0.6 is 11.8 Å². The molecule has 0 atom stereocenters. The number of methoxy groups -OCH3 is 1. The van der Waals surface area contributed by atoms with Crippen LogP contribution in [0.3, 0.4) is 0 Å². The van der Waals surface area contributed by atoms with Gasteiger partial charge in [-0.3, -0.25) is 4.79 Å². The van der Waals surface area contributed by atoms with Crippen molar-refractivity contribution in [2.75, 3.05) is 12.9 Å². The van der Waals surface area contributed by atoms with E-state index in [2.05, 4.69) is 0 Å². The topological polar surface area (TPSA) is 26.3 Å². The lowest BCUT2D eigenvalue weighted by Crippen LogP contribution is -2.05. The Morgan fingerprint density at radius 3 is 2.65 bits per heavy atom. The van der Waals surface area contributed by atoms with Gasteiger partial charge >= 0.3 is 6.18 Å². The third kappa shape index (κ3) is 5.28. The highest BCUT2D eigenvalue weighted by Gasteiger charge is 2.31. The Hall–Kier alpha value is -1.43. The molecule has 0 saturated carbocycles. The first-order chi connectivity index (χ1) is 9.34. The first kappa shape index (κ1) is 16.6. The molecule has 1 aromatic rings. The van der Waals surface area contributed by atoms with Crippen molar-refractivity contribution in [2.24, 2.45) is 0 Å². The molecule has 0 aromatic heterocycles. The molecule has 1 aromatic carbocycles. The fourth-order valence-electron chi connectivity index (χ4n) is 1.51. The fourth-order valence-corrected chi connectivity index (χ4v) is 2.05. The van der Waals surface area contributed by atoms with Gasteiger partial charge in [0.05, 0.1) is 12.7 Å². The van der Waals surface area contributed by atoms with E-state index in [0.717, 1.165) is 12.1 Å². The number of benzene rings is 1. The van der Waals surface area contributed by atoms with Gasteiger partial charge in [0.2, 0.25) is 0 Å². The number of ether oxygens (including phenoxy) is 1. The Kier molecular flexibility index (Phi) is 6.13. The molecule has 110 valence electrons. The molecular formula is C14H15F3O2S. The average molecular weight is 304 g/mol. The van der Waals surface area contributed by atoms with E-state index in [-0.39, 0.29) is 10.9 Å². The molecule has 0 radical (unpaired) electrons. The number of hydrogen-bond donors (Lipinski definition) is 0. The largest absolute Gasteiger partial charge is 0.496 e. The number of alkyl halides is 3. The standard InChI is InChI=1S/C14H15F3O2S/c1-10(18)20-8-4-3-5-11-6-7-12(14(15,16)17)9-13(11)19-2/h3,5-7,9H,4,8H2,1-2H3. The summed E-state index contributed by atoms with van der Waals surface area (Å²) in [7, 11) is 1.33. The van der Waals surface area contributed by atoms with E-state index in [1.54, 1.807) is 12.2 Å². The molecule has 6 heteroatoms. The Morgan fingerprint density at radius 1 is 1.40 bits per heavy atom. The predicted molar refractivity (Wildman–Crippen MR) is 74.8 cm³/mol. The third-order valence-electron chi connectivity index (χ3n) is 2.45. The Labute approximate surface area is 120 Å². The maximum Gasteiger partial charge on any atom is 0.416 e. The number of allylic oxidation sites excluding steroid dienone is 1. The van der Waals surface area contributed by atoms with Crippen LogP contribution in [0.4, 0.5) is 13.2 Å². The van der Waals surface area contributed by atoms with E-state index in [0.29, 0.717) is 17.7 Å². The zero-order valence-corrected chi connectivity index (χ0v) is 12.0. The van der Waals surface area contributed by atoms with Gasteiger partial charge < -0.3 is 4.74 Å². The van der Waals surface area contributed by atoms with Gasteiger partial charge in [0.15, 0.2) is 5.12 Å². The second-order valence-electron chi connectivity index (χ2n) is 3.99. The predicted octanol–water partition coefficient (Wildman–Crippen LogP) is 4.40. The number of halogens is 3. The number of thioether (sulfide) groups is 1. The normalized spacial score (nSPS) is 11.8. The average Bonchev–Trinajstić information content (AvgIpc) is 2.36. The summed E-state index contributed by atoms with van der Waals surface area (Å²) in [6, 6.07) is 3.37. The molecule has 0 aliphatic rings. The van der Waals surface area contributed by atoms with Crippen LogP contribution in [0.25, 0.3) is 6.08 Å². The zero-order valence-electron chi connectivity index (χ0n) is 11.2. The smallest absolute Gasteiger partial charge is 0.416 e.